The van der Waals surface area contributed by atoms with Gasteiger partial charge in [-0.2, -0.15) is 0 Å². The molecular formula is C10H17NO2. The lowest BCUT2D eigenvalue weighted by Crippen LogP contribution is -2.41. The minimum absolute atomic E-state index is 0.00213. The number of likely N-dealkylation sites (tertiary alicyclic amines) is 1. The van der Waals surface area contributed by atoms with Crippen LogP contribution in [0.5, 0.6) is 0 Å². The van der Waals surface area contributed by atoms with Crippen molar-refractivity contribution in [3.63, 3.8) is 0 Å². The Morgan fingerprint density at radius 2 is 2.15 bits per heavy atom. The van der Waals surface area contributed by atoms with Crippen LogP contribution < -0.4 is 0 Å². The van der Waals surface area contributed by atoms with E-state index < -0.39 is 0 Å². The molecule has 1 spiro atoms. The molecule has 0 aromatic rings. The third kappa shape index (κ3) is 1.71. The summed E-state index contributed by atoms with van der Waals surface area (Å²) in [4.78, 5) is 2.34. The van der Waals surface area contributed by atoms with E-state index >= 15 is 0 Å². The normalized spacial score (nSPS) is 27.7. The summed E-state index contributed by atoms with van der Waals surface area (Å²) in [6, 6.07) is 0. The fourth-order valence-electron chi connectivity index (χ4n) is 2.00. The molecule has 13 heavy (non-hydrogen) atoms. The third-order valence-electron chi connectivity index (χ3n) is 3.02. The van der Waals surface area contributed by atoms with E-state index in [0.717, 1.165) is 31.7 Å². The molecule has 0 bridgehead atoms. The number of hydrogen-bond acceptors (Lipinski definition) is 3. The number of methoxy groups -OCH3 is 1. The summed E-state index contributed by atoms with van der Waals surface area (Å²) in [5, 5.41) is 0. The van der Waals surface area contributed by atoms with Crippen molar-refractivity contribution in [1.29, 1.82) is 0 Å². The van der Waals surface area contributed by atoms with E-state index in [2.05, 4.69) is 18.0 Å². The van der Waals surface area contributed by atoms with E-state index in [0.29, 0.717) is 6.61 Å². The SMILES string of the molecule is COC1=CC2(CCN(C)CC2)OC1. The van der Waals surface area contributed by atoms with E-state index in [1.165, 1.54) is 0 Å². The quantitative estimate of drug-likeness (QED) is 0.605. The number of ether oxygens (including phenoxy) is 2. The van der Waals surface area contributed by atoms with Crippen LogP contribution in [-0.2, 0) is 9.47 Å². The van der Waals surface area contributed by atoms with Gasteiger partial charge in [0.1, 0.15) is 12.4 Å². The molecule has 0 N–H and O–H groups in total. The van der Waals surface area contributed by atoms with Crippen molar-refractivity contribution in [2.45, 2.75) is 18.4 Å². The van der Waals surface area contributed by atoms with Crippen LogP contribution in [0.3, 0.4) is 0 Å². The van der Waals surface area contributed by atoms with Gasteiger partial charge in [-0.25, -0.2) is 0 Å². The predicted octanol–water partition coefficient (Wildman–Crippen LogP) is 1.01. The highest BCUT2D eigenvalue weighted by Crippen LogP contribution is 2.33. The summed E-state index contributed by atoms with van der Waals surface area (Å²) < 4.78 is 11.0. The van der Waals surface area contributed by atoms with Gasteiger partial charge in [-0.05, 0) is 26.0 Å². The highest BCUT2D eigenvalue weighted by molar-refractivity contribution is 5.14. The van der Waals surface area contributed by atoms with Crippen molar-refractivity contribution >= 4 is 0 Å². The highest BCUT2D eigenvalue weighted by atomic mass is 16.5. The molecule has 2 heterocycles. The maximum Gasteiger partial charge on any atom is 0.120 e. The lowest BCUT2D eigenvalue weighted by Gasteiger charge is -2.35. The van der Waals surface area contributed by atoms with Gasteiger partial charge in [-0.15, -0.1) is 0 Å². The second-order valence-electron chi connectivity index (χ2n) is 3.97. The van der Waals surface area contributed by atoms with Crippen molar-refractivity contribution in [2.24, 2.45) is 0 Å². The van der Waals surface area contributed by atoms with Gasteiger partial charge in [0.05, 0.1) is 12.7 Å². The first kappa shape index (κ1) is 9.03. The molecule has 2 rings (SSSR count). The van der Waals surface area contributed by atoms with Gasteiger partial charge in [-0.3, -0.25) is 0 Å². The van der Waals surface area contributed by atoms with Crippen LogP contribution in [0.2, 0.25) is 0 Å². The Morgan fingerprint density at radius 3 is 2.69 bits per heavy atom. The second kappa shape index (κ2) is 3.31. The average Bonchev–Trinajstić information content (AvgIpc) is 2.55. The van der Waals surface area contributed by atoms with Crippen molar-refractivity contribution in [3.05, 3.63) is 11.8 Å². The van der Waals surface area contributed by atoms with Crippen molar-refractivity contribution < 1.29 is 9.47 Å². The van der Waals surface area contributed by atoms with Gasteiger partial charge < -0.3 is 14.4 Å². The molecule has 0 aliphatic carbocycles. The second-order valence-corrected chi connectivity index (χ2v) is 3.97. The zero-order valence-corrected chi connectivity index (χ0v) is 8.38. The summed E-state index contributed by atoms with van der Waals surface area (Å²) in [5.41, 5.74) is -0.00213. The highest BCUT2D eigenvalue weighted by Gasteiger charge is 2.37. The summed E-state index contributed by atoms with van der Waals surface area (Å²) >= 11 is 0. The molecule has 2 aliphatic heterocycles. The Bertz CT molecular complexity index is 217. The monoisotopic (exact) mass is 183 g/mol. The number of piperidine rings is 1. The lowest BCUT2D eigenvalue weighted by molar-refractivity contribution is -0.0238. The summed E-state index contributed by atoms with van der Waals surface area (Å²) in [5.74, 6) is 0.990. The number of hydrogen-bond donors (Lipinski definition) is 0. The summed E-state index contributed by atoms with van der Waals surface area (Å²) in [6.45, 7) is 2.89. The minimum atomic E-state index is -0.00213. The van der Waals surface area contributed by atoms with Gasteiger partial charge in [0.2, 0.25) is 0 Å². The van der Waals surface area contributed by atoms with Crippen LogP contribution >= 0.6 is 0 Å². The average molecular weight is 183 g/mol. The standard InChI is InChI=1S/C10H17NO2/c1-11-5-3-10(4-6-11)7-9(12-2)8-13-10/h7H,3-6,8H2,1-2H3. The van der Waals surface area contributed by atoms with E-state index in [4.69, 9.17) is 9.47 Å². The maximum atomic E-state index is 5.79. The van der Waals surface area contributed by atoms with Crippen molar-refractivity contribution in [1.82, 2.24) is 4.90 Å². The van der Waals surface area contributed by atoms with Crippen LogP contribution in [0, 0.1) is 0 Å². The molecule has 0 aromatic carbocycles. The fraction of sp³-hybridized carbons (Fsp3) is 0.800. The molecule has 0 atom stereocenters. The zero-order chi connectivity index (χ0) is 9.31. The molecule has 0 amide bonds. The Balaban J connectivity index is 2.03. The van der Waals surface area contributed by atoms with E-state index in [1.54, 1.807) is 7.11 Å². The minimum Gasteiger partial charge on any atom is -0.499 e. The first-order valence-electron chi connectivity index (χ1n) is 4.82. The van der Waals surface area contributed by atoms with Gasteiger partial charge in [0.25, 0.3) is 0 Å². The van der Waals surface area contributed by atoms with Crippen LogP contribution in [-0.4, -0.2) is 44.4 Å². The van der Waals surface area contributed by atoms with Gasteiger partial charge in [0, 0.05) is 13.1 Å². The fourth-order valence-corrected chi connectivity index (χ4v) is 2.00. The van der Waals surface area contributed by atoms with Crippen molar-refractivity contribution in [3.8, 4) is 0 Å². The molecule has 1 saturated heterocycles. The molecule has 0 aromatic heterocycles. The largest absolute Gasteiger partial charge is 0.499 e. The topological polar surface area (TPSA) is 21.7 Å². The Morgan fingerprint density at radius 1 is 1.46 bits per heavy atom. The maximum absolute atomic E-state index is 5.79. The molecule has 0 unspecified atom stereocenters. The molecule has 3 heteroatoms. The molecular weight excluding hydrogens is 166 g/mol. The number of nitrogens with zero attached hydrogens (tertiary/aromatic N) is 1. The van der Waals surface area contributed by atoms with E-state index in [9.17, 15) is 0 Å². The van der Waals surface area contributed by atoms with Gasteiger partial charge in [-0.1, -0.05) is 0 Å². The van der Waals surface area contributed by atoms with Crippen LogP contribution in [0.15, 0.2) is 11.8 Å². The molecule has 1 fully saturated rings. The van der Waals surface area contributed by atoms with Crippen LogP contribution in [0.25, 0.3) is 0 Å². The first-order chi connectivity index (χ1) is 6.24. The first-order valence-corrected chi connectivity index (χ1v) is 4.82. The molecule has 0 saturated carbocycles. The number of rotatable bonds is 1. The molecule has 0 radical (unpaired) electrons. The summed E-state index contributed by atoms with van der Waals surface area (Å²) in [7, 11) is 3.87. The Labute approximate surface area is 79.3 Å². The van der Waals surface area contributed by atoms with Gasteiger partial charge in [0.15, 0.2) is 0 Å². The molecule has 74 valence electrons. The Kier molecular flexibility index (Phi) is 2.30. The van der Waals surface area contributed by atoms with E-state index in [1.807, 2.05) is 0 Å². The zero-order valence-electron chi connectivity index (χ0n) is 8.38. The molecule has 3 nitrogen and oxygen atoms in total. The Hall–Kier alpha value is -0.540. The smallest absolute Gasteiger partial charge is 0.120 e. The van der Waals surface area contributed by atoms with Gasteiger partial charge >= 0.3 is 0 Å². The van der Waals surface area contributed by atoms with Crippen LogP contribution in [0.1, 0.15) is 12.8 Å². The molecule has 2 aliphatic rings. The third-order valence-corrected chi connectivity index (χ3v) is 3.02. The lowest BCUT2D eigenvalue weighted by atomic mass is 9.92. The van der Waals surface area contributed by atoms with E-state index in [-0.39, 0.29) is 5.60 Å². The predicted molar refractivity (Wildman–Crippen MR) is 50.5 cm³/mol. The van der Waals surface area contributed by atoms with Crippen LogP contribution in [0.4, 0.5) is 0 Å². The summed E-state index contributed by atoms with van der Waals surface area (Å²) in [6.07, 6.45) is 4.35. The van der Waals surface area contributed by atoms with Crippen molar-refractivity contribution in [2.75, 3.05) is 33.9 Å².